The molecule has 0 saturated carbocycles. The van der Waals surface area contributed by atoms with E-state index < -0.39 is 0 Å². The molecule has 1 aliphatic heterocycles. The molecule has 0 saturated heterocycles. The monoisotopic (exact) mass is 311 g/mol. The fourth-order valence-corrected chi connectivity index (χ4v) is 2.38. The maximum Gasteiger partial charge on any atom is 0.220 e. The summed E-state index contributed by atoms with van der Waals surface area (Å²) in [5.41, 5.74) is 0.919. The van der Waals surface area contributed by atoms with Gasteiger partial charge in [-0.3, -0.25) is 4.79 Å². The summed E-state index contributed by atoms with van der Waals surface area (Å²) < 4.78 is 11.2. The number of carbonyl (C=O) groups excluding carboxylic acids is 1. The Labute approximate surface area is 130 Å². The first-order valence-electron chi connectivity index (χ1n) is 7.41. The Kier molecular flexibility index (Phi) is 5.74. The topological polar surface area (TPSA) is 47.6 Å². The largest absolute Gasteiger partial charge is 0.489 e. The summed E-state index contributed by atoms with van der Waals surface area (Å²) in [6.07, 6.45) is 2.29. The zero-order chi connectivity index (χ0) is 15.2. The van der Waals surface area contributed by atoms with Crippen LogP contribution in [0.1, 0.15) is 38.7 Å². The van der Waals surface area contributed by atoms with Gasteiger partial charge in [-0.15, -0.1) is 0 Å². The lowest BCUT2D eigenvalue weighted by Gasteiger charge is -2.12. The van der Waals surface area contributed by atoms with Crippen LogP contribution in [0.4, 0.5) is 0 Å². The van der Waals surface area contributed by atoms with E-state index >= 15 is 0 Å². The predicted molar refractivity (Wildman–Crippen MR) is 83.0 cm³/mol. The molecule has 0 aromatic heterocycles. The molecule has 21 heavy (non-hydrogen) atoms. The highest BCUT2D eigenvalue weighted by molar-refractivity contribution is 6.32. The van der Waals surface area contributed by atoms with Gasteiger partial charge in [-0.1, -0.05) is 25.4 Å². The van der Waals surface area contributed by atoms with E-state index in [1.165, 1.54) is 0 Å². The number of rotatable bonds is 5. The Morgan fingerprint density at radius 2 is 2.10 bits per heavy atom. The second-order valence-corrected chi connectivity index (χ2v) is 6.07. The molecule has 116 valence electrons. The summed E-state index contributed by atoms with van der Waals surface area (Å²) in [7, 11) is 0. The smallest absolute Gasteiger partial charge is 0.220 e. The van der Waals surface area contributed by atoms with Crippen LogP contribution in [-0.4, -0.2) is 19.1 Å². The molecular formula is C16H22ClNO3. The summed E-state index contributed by atoms with van der Waals surface area (Å²) >= 11 is 6.22. The second kappa shape index (κ2) is 7.55. The van der Waals surface area contributed by atoms with E-state index in [4.69, 9.17) is 21.1 Å². The number of nitrogens with one attached hydrogen (secondary N) is 1. The van der Waals surface area contributed by atoms with Crippen molar-refractivity contribution < 1.29 is 14.3 Å². The minimum absolute atomic E-state index is 0.0620. The van der Waals surface area contributed by atoms with Crippen molar-refractivity contribution in [2.75, 3.05) is 13.2 Å². The molecule has 0 radical (unpaired) electrons. The van der Waals surface area contributed by atoms with E-state index in [0.717, 1.165) is 18.4 Å². The highest BCUT2D eigenvalue weighted by Crippen LogP contribution is 2.37. The molecule has 0 spiro atoms. The number of hydrogen-bond donors (Lipinski definition) is 1. The van der Waals surface area contributed by atoms with E-state index in [2.05, 4.69) is 19.2 Å². The zero-order valence-corrected chi connectivity index (χ0v) is 13.3. The standard InChI is InChI=1S/C16H22ClNO3/c1-11(2)4-5-15(19)18-10-12-8-13(17)16-14(9-12)20-6-3-7-21-16/h8-9,11H,3-7,10H2,1-2H3,(H,18,19). The maximum atomic E-state index is 11.7. The van der Waals surface area contributed by atoms with Gasteiger partial charge in [0.15, 0.2) is 11.5 Å². The summed E-state index contributed by atoms with van der Waals surface area (Å²) in [4.78, 5) is 11.7. The lowest BCUT2D eigenvalue weighted by Crippen LogP contribution is -2.22. The highest BCUT2D eigenvalue weighted by atomic mass is 35.5. The third-order valence-electron chi connectivity index (χ3n) is 3.30. The molecule has 5 heteroatoms. The molecule has 0 atom stereocenters. The molecule has 1 amide bonds. The quantitative estimate of drug-likeness (QED) is 0.904. The first kappa shape index (κ1) is 16.0. The highest BCUT2D eigenvalue weighted by Gasteiger charge is 2.15. The van der Waals surface area contributed by atoms with Crippen molar-refractivity contribution in [3.8, 4) is 11.5 Å². The van der Waals surface area contributed by atoms with Crippen LogP contribution >= 0.6 is 11.6 Å². The van der Waals surface area contributed by atoms with E-state index in [1.807, 2.05) is 12.1 Å². The summed E-state index contributed by atoms with van der Waals surface area (Å²) in [6, 6.07) is 3.70. The summed E-state index contributed by atoms with van der Waals surface area (Å²) in [5, 5.41) is 3.44. The van der Waals surface area contributed by atoms with Gasteiger partial charge in [-0.2, -0.15) is 0 Å². The van der Waals surface area contributed by atoms with Crippen LogP contribution in [-0.2, 0) is 11.3 Å². The predicted octanol–water partition coefficient (Wildman–Crippen LogP) is 3.55. The first-order valence-corrected chi connectivity index (χ1v) is 7.78. The minimum atomic E-state index is 0.0620. The number of benzene rings is 1. The molecule has 0 unspecified atom stereocenters. The first-order chi connectivity index (χ1) is 10.1. The van der Waals surface area contributed by atoms with Gasteiger partial charge in [-0.25, -0.2) is 0 Å². The van der Waals surface area contributed by atoms with Crippen molar-refractivity contribution in [2.45, 2.75) is 39.7 Å². The number of fused-ring (bicyclic) bond motifs is 1. The Morgan fingerprint density at radius 3 is 2.86 bits per heavy atom. The second-order valence-electron chi connectivity index (χ2n) is 5.66. The normalized spacial score (nSPS) is 13.9. The van der Waals surface area contributed by atoms with Gasteiger partial charge in [-0.05, 0) is 30.0 Å². The van der Waals surface area contributed by atoms with Gasteiger partial charge >= 0.3 is 0 Å². The van der Waals surface area contributed by atoms with E-state index in [0.29, 0.717) is 48.6 Å². The van der Waals surface area contributed by atoms with Gasteiger partial charge in [0.05, 0.1) is 18.2 Å². The van der Waals surface area contributed by atoms with E-state index in [-0.39, 0.29) is 5.91 Å². The molecule has 0 bridgehead atoms. The van der Waals surface area contributed by atoms with Gasteiger partial charge in [0, 0.05) is 19.4 Å². The van der Waals surface area contributed by atoms with Crippen molar-refractivity contribution in [3.63, 3.8) is 0 Å². The van der Waals surface area contributed by atoms with Crippen LogP contribution in [0.5, 0.6) is 11.5 Å². The average Bonchev–Trinajstić information content (AvgIpc) is 2.68. The molecule has 1 N–H and O–H groups in total. The van der Waals surface area contributed by atoms with Crippen LogP contribution in [0.25, 0.3) is 0 Å². The Balaban J connectivity index is 1.96. The molecule has 1 aromatic carbocycles. The maximum absolute atomic E-state index is 11.7. The van der Waals surface area contributed by atoms with Gasteiger partial charge in [0.1, 0.15) is 0 Å². The summed E-state index contributed by atoms with van der Waals surface area (Å²) in [5.74, 6) is 1.85. The average molecular weight is 312 g/mol. The zero-order valence-electron chi connectivity index (χ0n) is 12.6. The lowest BCUT2D eigenvalue weighted by molar-refractivity contribution is -0.121. The fraction of sp³-hybridized carbons (Fsp3) is 0.562. The molecule has 0 aliphatic carbocycles. The van der Waals surface area contributed by atoms with Crippen LogP contribution in [0.3, 0.4) is 0 Å². The van der Waals surface area contributed by atoms with Crippen LogP contribution in [0.2, 0.25) is 5.02 Å². The molecular weight excluding hydrogens is 290 g/mol. The molecule has 1 heterocycles. The molecule has 1 aromatic rings. The Bertz CT molecular complexity index is 503. The Hall–Kier alpha value is -1.42. The summed E-state index contributed by atoms with van der Waals surface area (Å²) in [6.45, 7) is 5.90. The van der Waals surface area contributed by atoms with Gasteiger partial charge < -0.3 is 14.8 Å². The van der Waals surface area contributed by atoms with E-state index in [9.17, 15) is 4.79 Å². The molecule has 0 fully saturated rings. The fourth-order valence-electron chi connectivity index (χ4n) is 2.10. The SMILES string of the molecule is CC(C)CCC(=O)NCc1cc(Cl)c2c(c1)OCCCO2. The van der Waals surface area contributed by atoms with Crippen molar-refractivity contribution in [1.82, 2.24) is 5.32 Å². The number of amides is 1. The van der Waals surface area contributed by atoms with Crippen molar-refractivity contribution in [3.05, 3.63) is 22.7 Å². The number of hydrogen-bond acceptors (Lipinski definition) is 3. The number of halogens is 1. The third-order valence-corrected chi connectivity index (χ3v) is 3.58. The molecule has 4 nitrogen and oxygen atoms in total. The minimum Gasteiger partial charge on any atom is -0.489 e. The molecule has 2 rings (SSSR count). The van der Waals surface area contributed by atoms with E-state index in [1.54, 1.807) is 0 Å². The number of carbonyl (C=O) groups is 1. The third kappa shape index (κ3) is 4.81. The van der Waals surface area contributed by atoms with Crippen molar-refractivity contribution in [2.24, 2.45) is 5.92 Å². The van der Waals surface area contributed by atoms with Crippen molar-refractivity contribution in [1.29, 1.82) is 0 Å². The molecule has 1 aliphatic rings. The van der Waals surface area contributed by atoms with Gasteiger partial charge in [0.2, 0.25) is 5.91 Å². The van der Waals surface area contributed by atoms with Crippen LogP contribution < -0.4 is 14.8 Å². The van der Waals surface area contributed by atoms with Gasteiger partial charge in [0.25, 0.3) is 0 Å². The van der Waals surface area contributed by atoms with Crippen LogP contribution in [0.15, 0.2) is 12.1 Å². The van der Waals surface area contributed by atoms with Crippen LogP contribution in [0, 0.1) is 5.92 Å². The van der Waals surface area contributed by atoms with Crippen molar-refractivity contribution >= 4 is 17.5 Å². The lowest BCUT2D eigenvalue weighted by atomic mass is 10.1. The number of ether oxygens (including phenoxy) is 2. The Morgan fingerprint density at radius 1 is 1.33 bits per heavy atom.